The molecule has 8 heteroatoms. The molecule has 3 aromatic rings. The number of rotatable bonds is 10. The number of carbonyl (C=O) groups is 1. The van der Waals surface area contributed by atoms with Crippen molar-refractivity contribution in [3.63, 3.8) is 0 Å². The fourth-order valence-corrected chi connectivity index (χ4v) is 4.19. The fraction of sp³-hybridized carbons (Fsp3) is 0.286. The minimum Gasteiger partial charge on any atom is -0.383 e. The number of nitrogens with one attached hydrogen (secondary N) is 1. The first-order chi connectivity index (χ1) is 14.2. The summed E-state index contributed by atoms with van der Waals surface area (Å²) in [6, 6.07) is 18.4. The summed E-state index contributed by atoms with van der Waals surface area (Å²) in [5.41, 5.74) is 2.23. The predicted octanol–water partition coefficient (Wildman–Crippen LogP) is 3.72. The Hall–Kier alpha value is -2.29. The Morgan fingerprint density at radius 3 is 2.55 bits per heavy atom. The highest BCUT2D eigenvalue weighted by atomic mass is 32.2. The van der Waals surface area contributed by atoms with Crippen LogP contribution in [0.4, 0.5) is 0 Å². The predicted molar refractivity (Wildman–Crippen MR) is 118 cm³/mol. The van der Waals surface area contributed by atoms with Crippen molar-refractivity contribution < 1.29 is 9.53 Å². The zero-order chi connectivity index (χ0) is 20.5. The molecule has 0 spiro atoms. The zero-order valence-electron chi connectivity index (χ0n) is 16.5. The summed E-state index contributed by atoms with van der Waals surface area (Å²) in [6.07, 6.45) is 0. The van der Waals surface area contributed by atoms with Crippen molar-refractivity contribution in [1.29, 1.82) is 0 Å². The molecule has 0 saturated heterocycles. The molecule has 152 valence electrons. The van der Waals surface area contributed by atoms with Crippen molar-refractivity contribution in [3.05, 3.63) is 66.0 Å². The van der Waals surface area contributed by atoms with Gasteiger partial charge in [-0.05, 0) is 31.2 Å². The molecule has 0 radical (unpaired) electrons. The number of aromatic nitrogens is 3. The number of hydrogen-bond donors (Lipinski definition) is 1. The molecule has 0 aliphatic carbocycles. The van der Waals surface area contributed by atoms with E-state index in [4.69, 9.17) is 4.74 Å². The number of benzene rings is 2. The van der Waals surface area contributed by atoms with Crippen LogP contribution in [0.25, 0.3) is 5.69 Å². The van der Waals surface area contributed by atoms with Crippen molar-refractivity contribution in [2.45, 2.75) is 22.7 Å². The Kier molecular flexibility index (Phi) is 8.15. The average Bonchev–Trinajstić information content (AvgIpc) is 3.15. The van der Waals surface area contributed by atoms with Gasteiger partial charge in [-0.3, -0.25) is 9.36 Å². The Morgan fingerprint density at radius 1 is 1.07 bits per heavy atom. The molecule has 2 aromatic carbocycles. The molecule has 0 saturated carbocycles. The molecule has 0 unspecified atom stereocenters. The van der Waals surface area contributed by atoms with Crippen molar-refractivity contribution in [3.8, 4) is 5.69 Å². The van der Waals surface area contributed by atoms with E-state index in [1.54, 1.807) is 18.9 Å². The number of methoxy groups -OCH3 is 1. The molecular weight excluding hydrogens is 404 g/mol. The van der Waals surface area contributed by atoms with Crippen LogP contribution in [0, 0.1) is 6.92 Å². The molecule has 1 N–H and O–H groups in total. The number of nitrogens with zero attached hydrogens (tertiary/aromatic N) is 3. The summed E-state index contributed by atoms with van der Waals surface area (Å²) >= 11 is 3.10. The Labute approximate surface area is 179 Å². The smallest absolute Gasteiger partial charge is 0.230 e. The Balaban J connectivity index is 1.73. The highest BCUT2D eigenvalue weighted by Gasteiger charge is 2.16. The van der Waals surface area contributed by atoms with Gasteiger partial charge in [0.15, 0.2) is 5.16 Å². The first-order valence-electron chi connectivity index (χ1n) is 9.25. The van der Waals surface area contributed by atoms with Gasteiger partial charge in [-0.25, -0.2) is 0 Å². The topological polar surface area (TPSA) is 69.0 Å². The van der Waals surface area contributed by atoms with Gasteiger partial charge in [-0.2, -0.15) is 0 Å². The van der Waals surface area contributed by atoms with Gasteiger partial charge in [-0.1, -0.05) is 47.7 Å². The van der Waals surface area contributed by atoms with Crippen LogP contribution in [0.15, 0.2) is 64.6 Å². The maximum absolute atomic E-state index is 12.0. The van der Waals surface area contributed by atoms with Crippen LogP contribution in [0.3, 0.4) is 0 Å². The summed E-state index contributed by atoms with van der Waals surface area (Å²) in [5.74, 6) is 1.76. The third kappa shape index (κ3) is 6.35. The Morgan fingerprint density at radius 2 is 1.83 bits per heavy atom. The number of thioether (sulfide) groups is 2. The molecule has 6 nitrogen and oxygen atoms in total. The molecular formula is C21H24N4O2S2. The second kappa shape index (κ2) is 11.0. The number of ether oxygens (including phenoxy) is 1. The van der Waals surface area contributed by atoms with Gasteiger partial charge in [0.1, 0.15) is 5.82 Å². The number of para-hydroxylation sites is 1. The monoisotopic (exact) mass is 428 g/mol. The Bertz CT molecular complexity index is 914. The van der Waals surface area contributed by atoms with Crippen molar-refractivity contribution in [2.24, 2.45) is 0 Å². The molecule has 29 heavy (non-hydrogen) atoms. The second-order valence-corrected chi connectivity index (χ2v) is 8.29. The van der Waals surface area contributed by atoms with Gasteiger partial charge in [0.05, 0.1) is 18.1 Å². The number of aryl methyl sites for hydroxylation is 1. The standard InChI is InChI=1S/C21H24N4O2S2/c1-16-8-10-18(11-9-16)28-14-19-23-24-21(25(19)17-6-4-3-5-7-17)29-15-20(26)22-12-13-27-2/h3-11H,12-15H2,1-2H3,(H,22,26). The molecule has 1 aromatic heterocycles. The van der Waals surface area contributed by atoms with E-state index in [1.807, 2.05) is 34.9 Å². The zero-order valence-corrected chi connectivity index (χ0v) is 18.1. The van der Waals surface area contributed by atoms with Gasteiger partial charge in [-0.15, -0.1) is 22.0 Å². The number of carbonyl (C=O) groups excluding carboxylic acids is 1. The highest BCUT2D eigenvalue weighted by molar-refractivity contribution is 7.99. The fourth-order valence-electron chi connectivity index (χ4n) is 2.58. The highest BCUT2D eigenvalue weighted by Crippen LogP contribution is 2.27. The quantitative estimate of drug-likeness (QED) is 0.392. The van der Waals surface area contributed by atoms with Crippen LogP contribution >= 0.6 is 23.5 Å². The van der Waals surface area contributed by atoms with Crippen LogP contribution in [-0.2, 0) is 15.3 Å². The molecule has 1 amide bonds. The second-order valence-electron chi connectivity index (χ2n) is 6.30. The lowest BCUT2D eigenvalue weighted by molar-refractivity contribution is -0.118. The van der Waals surface area contributed by atoms with Crippen molar-refractivity contribution in [2.75, 3.05) is 26.0 Å². The van der Waals surface area contributed by atoms with Crippen LogP contribution in [0.1, 0.15) is 11.4 Å². The first-order valence-corrected chi connectivity index (χ1v) is 11.2. The molecule has 0 aliphatic rings. The first kappa shape index (κ1) is 21.4. The van der Waals surface area contributed by atoms with E-state index in [9.17, 15) is 4.79 Å². The lowest BCUT2D eigenvalue weighted by Gasteiger charge is -2.10. The summed E-state index contributed by atoms with van der Waals surface area (Å²) in [7, 11) is 1.61. The SMILES string of the molecule is COCCNC(=O)CSc1nnc(CSc2ccc(C)cc2)n1-c1ccccc1. The third-order valence-corrected chi connectivity index (χ3v) is 6.00. The van der Waals surface area contributed by atoms with E-state index >= 15 is 0 Å². The number of hydrogen-bond acceptors (Lipinski definition) is 6. The molecule has 0 atom stereocenters. The van der Waals surface area contributed by atoms with Gasteiger partial charge in [0, 0.05) is 24.2 Å². The summed E-state index contributed by atoms with van der Waals surface area (Å²) in [5, 5.41) is 12.3. The largest absolute Gasteiger partial charge is 0.383 e. The maximum Gasteiger partial charge on any atom is 0.230 e. The minimum atomic E-state index is -0.0507. The average molecular weight is 429 g/mol. The van der Waals surface area contributed by atoms with Gasteiger partial charge >= 0.3 is 0 Å². The normalized spacial score (nSPS) is 10.8. The summed E-state index contributed by atoms with van der Waals surface area (Å²) < 4.78 is 6.98. The minimum absolute atomic E-state index is 0.0507. The number of amides is 1. The van der Waals surface area contributed by atoms with Gasteiger partial charge < -0.3 is 10.1 Å². The molecule has 3 rings (SSSR count). The molecule has 0 fully saturated rings. The lowest BCUT2D eigenvalue weighted by Crippen LogP contribution is -2.28. The summed E-state index contributed by atoms with van der Waals surface area (Å²) in [4.78, 5) is 13.2. The van der Waals surface area contributed by atoms with Crippen LogP contribution in [-0.4, -0.2) is 46.7 Å². The van der Waals surface area contributed by atoms with E-state index in [0.717, 1.165) is 11.5 Å². The van der Waals surface area contributed by atoms with Crippen LogP contribution < -0.4 is 5.32 Å². The van der Waals surface area contributed by atoms with E-state index < -0.39 is 0 Å². The molecule has 0 bridgehead atoms. The van der Waals surface area contributed by atoms with E-state index in [-0.39, 0.29) is 11.7 Å². The van der Waals surface area contributed by atoms with Crippen LogP contribution in [0.5, 0.6) is 0 Å². The van der Waals surface area contributed by atoms with E-state index in [1.165, 1.54) is 22.2 Å². The van der Waals surface area contributed by atoms with Gasteiger partial charge in [0.25, 0.3) is 0 Å². The van der Waals surface area contributed by atoms with E-state index in [0.29, 0.717) is 24.1 Å². The van der Waals surface area contributed by atoms with Crippen LogP contribution in [0.2, 0.25) is 0 Å². The third-order valence-electron chi connectivity index (χ3n) is 4.06. The lowest BCUT2D eigenvalue weighted by atomic mass is 10.2. The molecule has 0 aliphatic heterocycles. The molecule has 1 heterocycles. The van der Waals surface area contributed by atoms with Crippen molar-refractivity contribution >= 4 is 29.4 Å². The maximum atomic E-state index is 12.0. The van der Waals surface area contributed by atoms with Gasteiger partial charge in [0.2, 0.25) is 5.91 Å². The van der Waals surface area contributed by atoms with Crippen molar-refractivity contribution in [1.82, 2.24) is 20.1 Å². The summed E-state index contributed by atoms with van der Waals surface area (Å²) in [6.45, 7) is 3.08. The van der Waals surface area contributed by atoms with E-state index in [2.05, 4.69) is 46.7 Å².